The Morgan fingerprint density at radius 2 is 1.90 bits per heavy atom. The lowest BCUT2D eigenvalue weighted by atomic mass is 10.1. The molecule has 29 heavy (non-hydrogen) atoms. The first-order valence-corrected chi connectivity index (χ1v) is 10.8. The van der Waals surface area contributed by atoms with Crippen molar-refractivity contribution >= 4 is 21.9 Å². The van der Waals surface area contributed by atoms with E-state index in [-0.39, 0.29) is 22.9 Å². The largest absolute Gasteiger partial charge is 0.465 e. The number of aryl methyl sites for hydroxylation is 1. The summed E-state index contributed by atoms with van der Waals surface area (Å²) in [6.07, 6.45) is 1.41. The van der Waals surface area contributed by atoms with Gasteiger partial charge in [-0.15, -0.1) is 0 Å². The Morgan fingerprint density at radius 3 is 2.55 bits per heavy atom. The average Bonchev–Trinajstić information content (AvgIpc) is 3.11. The second-order valence-corrected chi connectivity index (χ2v) is 8.72. The maximum Gasteiger partial charge on any atom is 0.337 e. The van der Waals surface area contributed by atoms with E-state index < -0.39 is 16.0 Å². The van der Waals surface area contributed by atoms with Crippen molar-refractivity contribution in [3.8, 4) is 0 Å². The van der Waals surface area contributed by atoms with Crippen LogP contribution in [0, 0.1) is 6.92 Å². The minimum Gasteiger partial charge on any atom is -0.465 e. The number of esters is 1. The Balaban J connectivity index is 1.79. The summed E-state index contributed by atoms with van der Waals surface area (Å²) in [5.74, 6) is -0.474. The lowest BCUT2D eigenvalue weighted by Gasteiger charge is -2.18. The summed E-state index contributed by atoms with van der Waals surface area (Å²) in [4.78, 5) is 25.5. The summed E-state index contributed by atoms with van der Waals surface area (Å²) in [6.45, 7) is 2.94. The van der Waals surface area contributed by atoms with Crippen LogP contribution in [0.5, 0.6) is 0 Å². The fraction of sp³-hybridized carbons (Fsp3) is 0.333. The standard InChI is InChI=1S/C21H24N2O5S/c1-15-9-10-16(21(25)28-2)12-19(15)29(26,27)22-13-17-6-3-4-7-18(17)14-23-11-5-8-20(23)24/h3-4,6-7,9-10,12,22H,5,8,11,13-14H2,1-2H3. The number of sulfonamides is 1. The highest BCUT2D eigenvalue weighted by Gasteiger charge is 2.22. The van der Waals surface area contributed by atoms with Crippen LogP contribution in [0.4, 0.5) is 0 Å². The van der Waals surface area contributed by atoms with Gasteiger partial charge in [-0.05, 0) is 42.2 Å². The van der Waals surface area contributed by atoms with E-state index in [1.54, 1.807) is 17.9 Å². The third kappa shape index (κ3) is 4.83. The fourth-order valence-electron chi connectivity index (χ4n) is 3.35. The van der Waals surface area contributed by atoms with Gasteiger partial charge in [-0.1, -0.05) is 30.3 Å². The zero-order chi connectivity index (χ0) is 21.0. The molecule has 154 valence electrons. The number of carbonyl (C=O) groups is 2. The maximum absolute atomic E-state index is 12.9. The third-order valence-corrected chi connectivity index (χ3v) is 6.55. The first kappa shape index (κ1) is 21.0. The van der Waals surface area contributed by atoms with Gasteiger partial charge in [-0.3, -0.25) is 4.79 Å². The summed E-state index contributed by atoms with van der Waals surface area (Å²) in [7, 11) is -2.60. The molecule has 1 saturated heterocycles. The highest BCUT2D eigenvalue weighted by molar-refractivity contribution is 7.89. The molecule has 2 aromatic carbocycles. The zero-order valence-corrected chi connectivity index (χ0v) is 17.3. The van der Waals surface area contributed by atoms with Crippen LogP contribution in [0.15, 0.2) is 47.4 Å². The molecular formula is C21H24N2O5S. The summed E-state index contributed by atoms with van der Waals surface area (Å²) >= 11 is 0. The van der Waals surface area contributed by atoms with Gasteiger partial charge in [0.15, 0.2) is 0 Å². The molecule has 2 aromatic rings. The fourth-order valence-corrected chi connectivity index (χ4v) is 4.62. The predicted molar refractivity (Wildman–Crippen MR) is 108 cm³/mol. The van der Waals surface area contributed by atoms with Crippen LogP contribution in [0.3, 0.4) is 0 Å². The molecular weight excluding hydrogens is 392 g/mol. The topological polar surface area (TPSA) is 92.8 Å². The lowest BCUT2D eigenvalue weighted by Crippen LogP contribution is -2.27. The Morgan fingerprint density at radius 1 is 1.17 bits per heavy atom. The number of nitrogens with one attached hydrogen (secondary N) is 1. The van der Waals surface area contributed by atoms with Gasteiger partial charge in [0, 0.05) is 26.1 Å². The second kappa shape index (κ2) is 8.75. The third-order valence-electron chi connectivity index (χ3n) is 5.00. The van der Waals surface area contributed by atoms with E-state index >= 15 is 0 Å². The molecule has 0 radical (unpaired) electrons. The van der Waals surface area contributed by atoms with Crippen LogP contribution in [0.1, 0.15) is 39.9 Å². The van der Waals surface area contributed by atoms with E-state index in [1.165, 1.54) is 19.2 Å². The van der Waals surface area contributed by atoms with Crippen molar-refractivity contribution in [2.45, 2.75) is 37.8 Å². The number of hydrogen-bond acceptors (Lipinski definition) is 5. The van der Waals surface area contributed by atoms with Crippen LogP contribution >= 0.6 is 0 Å². The molecule has 3 rings (SSSR count). The highest BCUT2D eigenvalue weighted by Crippen LogP contribution is 2.20. The number of nitrogens with zero attached hydrogens (tertiary/aromatic N) is 1. The van der Waals surface area contributed by atoms with E-state index in [0.29, 0.717) is 18.5 Å². The Hall–Kier alpha value is -2.71. The van der Waals surface area contributed by atoms with E-state index in [4.69, 9.17) is 0 Å². The average molecular weight is 416 g/mol. The van der Waals surface area contributed by atoms with Gasteiger partial charge in [0.25, 0.3) is 0 Å². The molecule has 8 heteroatoms. The molecule has 7 nitrogen and oxygen atoms in total. The number of methoxy groups -OCH3 is 1. The Kier molecular flexibility index (Phi) is 6.34. The molecule has 0 atom stereocenters. The van der Waals surface area contributed by atoms with Gasteiger partial charge in [-0.25, -0.2) is 17.9 Å². The highest BCUT2D eigenvalue weighted by atomic mass is 32.2. The van der Waals surface area contributed by atoms with Gasteiger partial charge in [0.2, 0.25) is 15.9 Å². The van der Waals surface area contributed by atoms with Gasteiger partial charge in [0.05, 0.1) is 17.6 Å². The van der Waals surface area contributed by atoms with Crippen molar-refractivity contribution in [3.05, 3.63) is 64.7 Å². The molecule has 1 N–H and O–H groups in total. The zero-order valence-electron chi connectivity index (χ0n) is 16.5. The molecule has 1 amide bonds. The molecule has 0 bridgehead atoms. The first-order valence-electron chi connectivity index (χ1n) is 9.35. The number of rotatable bonds is 7. The molecule has 0 aliphatic carbocycles. The molecule has 1 aliphatic rings. The summed E-state index contributed by atoms with van der Waals surface area (Å²) in [6, 6.07) is 11.9. The van der Waals surface area contributed by atoms with Crippen molar-refractivity contribution in [1.29, 1.82) is 0 Å². The van der Waals surface area contributed by atoms with Gasteiger partial charge < -0.3 is 9.64 Å². The molecule has 0 saturated carbocycles. The van der Waals surface area contributed by atoms with Crippen LogP contribution < -0.4 is 4.72 Å². The van der Waals surface area contributed by atoms with Crippen molar-refractivity contribution < 1.29 is 22.7 Å². The smallest absolute Gasteiger partial charge is 0.337 e. The number of benzene rings is 2. The van der Waals surface area contributed by atoms with Crippen LogP contribution in [0.25, 0.3) is 0 Å². The Labute approximate surface area is 170 Å². The van der Waals surface area contributed by atoms with E-state index in [9.17, 15) is 18.0 Å². The lowest BCUT2D eigenvalue weighted by molar-refractivity contribution is -0.128. The second-order valence-electron chi connectivity index (χ2n) is 6.98. The minimum atomic E-state index is -3.85. The van der Waals surface area contributed by atoms with Gasteiger partial charge >= 0.3 is 5.97 Å². The first-order chi connectivity index (χ1) is 13.8. The molecule has 0 aromatic heterocycles. The number of carbonyl (C=O) groups excluding carboxylic acids is 2. The minimum absolute atomic E-state index is 0.0348. The maximum atomic E-state index is 12.9. The van der Waals surface area contributed by atoms with Gasteiger partial charge in [-0.2, -0.15) is 0 Å². The number of amides is 1. The van der Waals surface area contributed by atoms with E-state index in [2.05, 4.69) is 9.46 Å². The SMILES string of the molecule is COC(=O)c1ccc(C)c(S(=O)(=O)NCc2ccccc2CN2CCCC2=O)c1. The molecule has 1 fully saturated rings. The van der Waals surface area contributed by atoms with Crippen LogP contribution in [-0.2, 0) is 32.6 Å². The van der Waals surface area contributed by atoms with Crippen LogP contribution in [-0.4, -0.2) is 38.8 Å². The Bertz CT molecular complexity index is 1030. The summed E-state index contributed by atoms with van der Waals surface area (Å²) in [5.41, 5.74) is 2.41. The van der Waals surface area contributed by atoms with E-state index in [1.807, 2.05) is 24.3 Å². The summed E-state index contributed by atoms with van der Waals surface area (Å²) in [5, 5.41) is 0. The van der Waals surface area contributed by atoms with Crippen LogP contribution in [0.2, 0.25) is 0 Å². The normalized spacial score (nSPS) is 14.3. The monoisotopic (exact) mass is 416 g/mol. The van der Waals surface area contributed by atoms with Crippen molar-refractivity contribution in [2.24, 2.45) is 0 Å². The van der Waals surface area contributed by atoms with E-state index in [0.717, 1.165) is 24.1 Å². The quantitative estimate of drug-likeness (QED) is 0.700. The summed E-state index contributed by atoms with van der Waals surface area (Å²) < 4.78 is 33.0. The number of ether oxygens (including phenoxy) is 1. The van der Waals surface area contributed by atoms with Gasteiger partial charge in [0.1, 0.15) is 0 Å². The molecule has 1 aliphatic heterocycles. The number of likely N-dealkylation sites (tertiary alicyclic amines) is 1. The van der Waals surface area contributed by atoms with Crippen molar-refractivity contribution in [1.82, 2.24) is 9.62 Å². The van der Waals surface area contributed by atoms with Crippen molar-refractivity contribution in [2.75, 3.05) is 13.7 Å². The number of hydrogen-bond donors (Lipinski definition) is 1. The molecule has 0 unspecified atom stereocenters. The molecule has 0 spiro atoms. The molecule has 1 heterocycles. The van der Waals surface area contributed by atoms with Crippen molar-refractivity contribution in [3.63, 3.8) is 0 Å². The predicted octanol–water partition coefficient (Wildman–Crippen LogP) is 2.38.